The van der Waals surface area contributed by atoms with Gasteiger partial charge in [-0.1, -0.05) is 6.92 Å². The molecule has 1 N–H and O–H groups in total. The van der Waals surface area contributed by atoms with E-state index in [1.807, 2.05) is 0 Å². The SMILES string of the molecule is CC(CN(C(=O)c1ccnc(OC2CCOC2)c1)C1CC1)C(=O)O. The van der Waals surface area contributed by atoms with E-state index in [0.717, 1.165) is 19.3 Å². The van der Waals surface area contributed by atoms with Crippen LogP contribution in [0.3, 0.4) is 0 Å². The molecule has 2 unspecified atom stereocenters. The van der Waals surface area contributed by atoms with Gasteiger partial charge in [0.15, 0.2) is 0 Å². The van der Waals surface area contributed by atoms with Gasteiger partial charge < -0.3 is 19.5 Å². The zero-order chi connectivity index (χ0) is 17.1. The van der Waals surface area contributed by atoms with Gasteiger partial charge in [-0.25, -0.2) is 4.98 Å². The lowest BCUT2D eigenvalue weighted by atomic mass is 10.1. The summed E-state index contributed by atoms with van der Waals surface area (Å²) in [5, 5.41) is 9.11. The van der Waals surface area contributed by atoms with Crippen LogP contribution >= 0.6 is 0 Å². The third-order valence-electron chi connectivity index (χ3n) is 4.30. The molecule has 1 saturated heterocycles. The van der Waals surface area contributed by atoms with Gasteiger partial charge in [0.25, 0.3) is 5.91 Å². The Kier molecular flexibility index (Phi) is 4.99. The van der Waals surface area contributed by atoms with Crippen molar-refractivity contribution in [2.45, 2.75) is 38.3 Å². The third kappa shape index (κ3) is 4.03. The van der Waals surface area contributed by atoms with Gasteiger partial charge in [-0.2, -0.15) is 0 Å². The molecule has 0 spiro atoms. The molecule has 2 heterocycles. The number of aromatic nitrogens is 1. The molecule has 1 aromatic rings. The summed E-state index contributed by atoms with van der Waals surface area (Å²) in [4.78, 5) is 29.7. The minimum atomic E-state index is -0.895. The Morgan fingerprint density at radius 2 is 2.25 bits per heavy atom. The molecule has 2 atom stereocenters. The number of carboxylic acids is 1. The van der Waals surface area contributed by atoms with E-state index in [0.29, 0.717) is 24.7 Å². The number of pyridine rings is 1. The fraction of sp³-hybridized carbons (Fsp3) is 0.588. The van der Waals surface area contributed by atoms with Gasteiger partial charge in [0.1, 0.15) is 6.10 Å². The van der Waals surface area contributed by atoms with Crippen molar-refractivity contribution in [1.29, 1.82) is 0 Å². The molecular weight excluding hydrogens is 312 g/mol. The average molecular weight is 334 g/mol. The molecule has 0 bridgehead atoms. The van der Waals surface area contributed by atoms with Crippen LogP contribution in [0.25, 0.3) is 0 Å². The van der Waals surface area contributed by atoms with Crippen molar-refractivity contribution >= 4 is 11.9 Å². The fourth-order valence-corrected chi connectivity index (χ4v) is 2.71. The van der Waals surface area contributed by atoms with Gasteiger partial charge in [-0.3, -0.25) is 9.59 Å². The molecule has 24 heavy (non-hydrogen) atoms. The Hall–Kier alpha value is -2.15. The molecule has 1 aromatic heterocycles. The number of carbonyl (C=O) groups excluding carboxylic acids is 1. The van der Waals surface area contributed by atoms with Crippen LogP contribution in [0.5, 0.6) is 5.88 Å². The molecule has 2 aliphatic rings. The first-order valence-electron chi connectivity index (χ1n) is 8.29. The summed E-state index contributed by atoms with van der Waals surface area (Å²) in [5.41, 5.74) is 0.475. The molecule has 7 heteroatoms. The lowest BCUT2D eigenvalue weighted by molar-refractivity contribution is -0.141. The van der Waals surface area contributed by atoms with Crippen LogP contribution < -0.4 is 4.74 Å². The number of carbonyl (C=O) groups is 2. The van der Waals surface area contributed by atoms with E-state index in [4.69, 9.17) is 14.6 Å². The van der Waals surface area contributed by atoms with Crippen molar-refractivity contribution in [2.75, 3.05) is 19.8 Å². The van der Waals surface area contributed by atoms with E-state index in [1.54, 1.807) is 30.2 Å². The van der Waals surface area contributed by atoms with Crippen LogP contribution in [0.15, 0.2) is 18.3 Å². The lowest BCUT2D eigenvalue weighted by Crippen LogP contribution is -2.38. The molecule has 3 rings (SSSR count). The molecule has 0 radical (unpaired) electrons. The van der Waals surface area contributed by atoms with Crippen molar-refractivity contribution in [2.24, 2.45) is 5.92 Å². The Balaban J connectivity index is 1.71. The van der Waals surface area contributed by atoms with Crippen molar-refractivity contribution in [3.8, 4) is 5.88 Å². The average Bonchev–Trinajstić information content (AvgIpc) is 3.29. The Bertz CT molecular complexity index is 611. The van der Waals surface area contributed by atoms with Gasteiger partial charge >= 0.3 is 5.97 Å². The van der Waals surface area contributed by atoms with Crippen LogP contribution in [0.1, 0.15) is 36.5 Å². The van der Waals surface area contributed by atoms with E-state index in [2.05, 4.69) is 4.98 Å². The van der Waals surface area contributed by atoms with Gasteiger partial charge in [-0.15, -0.1) is 0 Å². The second-order valence-corrected chi connectivity index (χ2v) is 6.41. The number of ether oxygens (including phenoxy) is 2. The van der Waals surface area contributed by atoms with Gasteiger partial charge in [0, 0.05) is 36.8 Å². The maximum Gasteiger partial charge on any atom is 0.308 e. The molecule has 2 fully saturated rings. The minimum Gasteiger partial charge on any atom is -0.481 e. The highest BCUT2D eigenvalue weighted by atomic mass is 16.5. The maximum atomic E-state index is 12.8. The molecule has 7 nitrogen and oxygen atoms in total. The van der Waals surface area contributed by atoms with Crippen molar-refractivity contribution in [3.63, 3.8) is 0 Å². The van der Waals surface area contributed by atoms with E-state index < -0.39 is 11.9 Å². The number of aliphatic carboxylic acids is 1. The zero-order valence-corrected chi connectivity index (χ0v) is 13.7. The summed E-state index contributed by atoms with van der Waals surface area (Å²) in [6.45, 7) is 3.04. The first kappa shape index (κ1) is 16.7. The van der Waals surface area contributed by atoms with Crippen molar-refractivity contribution in [1.82, 2.24) is 9.88 Å². The van der Waals surface area contributed by atoms with Gasteiger partial charge in [0.2, 0.25) is 5.88 Å². The minimum absolute atomic E-state index is 0.0329. The summed E-state index contributed by atoms with van der Waals surface area (Å²) in [7, 11) is 0. The first-order chi connectivity index (χ1) is 11.5. The molecule has 1 saturated carbocycles. The topological polar surface area (TPSA) is 89.0 Å². The smallest absolute Gasteiger partial charge is 0.308 e. The van der Waals surface area contributed by atoms with Gasteiger partial charge in [-0.05, 0) is 18.9 Å². The van der Waals surface area contributed by atoms with Crippen LogP contribution in [0.2, 0.25) is 0 Å². The third-order valence-corrected chi connectivity index (χ3v) is 4.30. The van der Waals surface area contributed by atoms with Crippen molar-refractivity contribution < 1.29 is 24.2 Å². The Morgan fingerprint density at radius 3 is 2.88 bits per heavy atom. The molecule has 1 aliphatic heterocycles. The van der Waals surface area contributed by atoms with E-state index in [1.165, 1.54) is 0 Å². The summed E-state index contributed by atoms with van der Waals surface area (Å²) in [5.74, 6) is -1.25. The number of carboxylic acid groups (broad SMARTS) is 1. The van der Waals surface area contributed by atoms with E-state index in [9.17, 15) is 9.59 Å². The van der Waals surface area contributed by atoms with Crippen molar-refractivity contribution in [3.05, 3.63) is 23.9 Å². The van der Waals surface area contributed by atoms with Crippen LogP contribution in [0.4, 0.5) is 0 Å². The van der Waals surface area contributed by atoms with Gasteiger partial charge in [0.05, 0.1) is 19.1 Å². The predicted molar refractivity (Wildman–Crippen MR) is 84.9 cm³/mol. The van der Waals surface area contributed by atoms with Crippen LogP contribution in [-0.4, -0.2) is 58.8 Å². The van der Waals surface area contributed by atoms with E-state index >= 15 is 0 Å². The summed E-state index contributed by atoms with van der Waals surface area (Å²) in [6, 6.07) is 3.41. The molecular formula is C17H22N2O5. The van der Waals surface area contributed by atoms with E-state index in [-0.39, 0.29) is 24.6 Å². The summed E-state index contributed by atoms with van der Waals surface area (Å²) in [6.07, 6.45) is 4.17. The fourth-order valence-electron chi connectivity index (χ4n) is 2.71. The molecule has 0 aromatic carbocycles. The number of nitrogens with zero attached hydrogens (tertiary/aromatic N) is 2. The standard InChI is InChI=1S/C17H22N2O5/c1-11(17(21)22)9-19(13-2-3-13)16(20)12-4-6-18-15(8-12)24-14-5-7-23-10-14/h4,6,8,11,13-14H,2-3,5,7,9-10H2,1H3,(H,21,22). The normalized spacial score (nSPS) is 21.3. The van der Waals surface area contributed by atoms with Crippen LogP contribution in [-0.2, 0) is 9.53 Å². The lowest BCUT2D eigenvalue weighted by Gasteiger charge is -2.24. The number of hydrogen-bond acceptors (Lipinski definition) is 5. The van der Waals surface area contributed by atoms with Crippen LogP contribution in [0, 0.1) is 5.92 Å². The second-order valence-electron chi connectivity index (χ2n) is 6.41. The second kappa shape index (κ2) is 7.17. The largest absolute Gasteiger partial charge is 0.481 e. The first-order valence-corrected chi connectivity index (χ1v) is 8.29. The molecule has 130 valence electrons. The highest BCUT2D eigenvalue weighted by molar-refractivity contribution is 5.95. The molecule has 1 aliphatic carbocycles. The number of amides is 1. The zero-order valence-electron chi connectivity index (χ0n) is 13.7. The summed E-state index contributed by atoms with van der Waals surface area (Å²) >= 11 is 0. The monoisotopic (exact) mass is 334 g/mol. The number of rotatable bonds is 7. The predicted octanol–water partition coefficient (Wildman–Crippen LogP) is 1.57. The molecule has 1 amide bonds. The number of hydrogen-bond donors (Lipinski definition) is 1. The Labute approximate surface area is 140 Å². The highest BCUT2D eigenvalue weighted by Gasteiger charge is 2.35. The Morgan fingerprint density at radius 1 is 1.46 bits per heavy atom. The highest BCUT2D eigenvalue weighted by Crippen LogP contribution is 2.29. The maximum absolute atomic E-state index is 12.8. The quantitative estimate of drug-likeness (QED) is 0.814. The summed E-state index contributed by atoms with van der Waals surface area (Å²) < 4.78 is 11.0.